The van der Waals surface area contributed by atoms with Gasteiger partial charge in [0.2, 0.25) is 0 Å². The Kier molecular flexibility index (Phi) is 44.6. The summed E-state index contributed by atoms with van der Waals surface area (Å²) in [6.45, 7) is 0. The summed E-state index contributed by atoms with van der Waals surface area (Å²) in [7, 11) is -8.67. The maximum atomic E-state index is 8.89. The van der Waals surface area contributed by atoms with Gasteiger partial charge in [-0.3, -0.25) is 0 Å². The van der Waals surface area contributed by atoms with Crippen LogP contribution in [-0.4, -0.2) is 25.9 Å². The van der Waals surface area contributed by atoms with Crippen LogP contribution < -0.4 is 88.7 Å². The van der Waals surface area contributed by atoms with Gasteiger partial charge in [-0.2, -0.15) is 0 Å². The second-order valence-electron chi connectivity index (χ2n) is 0.816. The minimum Gasteiger partial charge on any atom is -0.739 e. The molecule has 0 aromatic heterocycles. The van der Waals surface area contributed by atoms with Crippen molar-refractivity contribution < 1.29 is 137 Å². The second-order valence-corrected chi connectivity index (χ2v) is 4.90. The fourth-order valence-electron chi connectivity index (χ4n) is 0. The van der Waals surface area contributed by atoms with Gasteiger partial charge in [0.15, 0.2) is 18.3 Å². The summed E-state index contributed by atoms with van der Waals surface area (Å²) in [6, 6.07) is 0. The number of hydrogen-bond donors (Lipinski definition) is 0. The zero-order chi connectivity index (χ0) is 9.00. The Balaban J connectivity index is -0.0000000178. The van der Waals surface area contributed by atoms with Crippen LogP contribution in [0, 0.1) is 0 Å². The molecule has 0 aliphatic rings. The Morgan fingerprint density at radius 3 is 0.714 bits per heavy atom. The molecular formula is AuNa3O6S4+. The largest absolute Gasteiger partial charge is 1.00 e. The van der Waals surface area contributed by atoms with E-state index in [1.807, 2.05) is 0 Å². The van der Waals surface area contributed by atoms with Crippen molar-refractivity contribution in [1.82, 2.24) is 0 Å². The molecule has 0 aromatic rings. The Morgan fingerprint density at radius 1 is 0.714 bits per heavy atom. The second kappa shape index (κ2) is 17.3. The normalized spacial score (nSPS) is 8.29. The minimum absolute atomic E-state index is 0. The van der Waals surface area contributed by atoms with Gasteiger partial charge in [0, 0.05) is 45.7 Å². The molecule has 0 amide bonds. The van der Waals surface area contributed by atoms with E-state index in [1.165, 1.54) is 0 Å². The van der Waals surface area contributed by atoms with E-state index >= 15 is 0 Å². The van der Waals surface area contributed by atoms with Crippen molar-refractivity contribution in [2.24, 2.45) is 0 Å². The Morgan fingerprint density at radius 2 is 0.714 bits per heavy atom. The molecule has 0 aliphatic heterocycles. The minimum atomic E-state index is -4.33. The van der Waals surface area contributed by atoms with Crippen LogP contribution in [0.5, 0.6) is 0 Å². The maximum Gasteiger partial charge on any atom is 1.00 e. The molecule has 0 unspecified atom stereocenters. The van der Waals surface area contributed by atoms with E-state index in [-0.39, 0.29) is 111 Å². The van der Waals surface area contributed by atoms with Crippen molar-refractivity contribution in [3.05, 3.63) is 0 Å². The molecule has 0 bridgehead atoms. The Hall–Kier alpha value is 4.26. The third-order valence-corrected chi connectivity index (χ3v) is 0. The summed E-state index contributed by atoms with van der Waals surface area (Å²) in [5.41, 5.74) is 0. The summed E-state index contributed by atoms with van der Waals surface area (Å²) >= 11 is 6.49. The van der Waals surface area contributed by atoms with Crippen LogP contribution in [0.1, 0.15) is 0 Å². The summed E-state index contributed by atoms with van der Waals surface area (Å²) in [5, 5.41) is 0. The van der Waals surface area contributed by atoms with Crippen molar-refractivity contribution in [1.29, 1.82) is 0 Å². The van der Waals surface area contributed by atoms with Crippen molar-refractivity contribution in [2.75, 3.05) is 0 Å². The monoisotopic (exact) mass is 490 g/mol. The summed E-state index contributed by atoms with van der Waals surface area (Å²) in [6.07, 6.45) is 0. The predicted molar refractivity (Wildman–Crippen MR) is 34.6 cm³/mol. The van der Waals surface area contributed by atoms with Gasteiger partial charge in [0.25, 0.3) is 0 Å². The van der Waals surface area contributed by atoms with Gasteiger partial charge in [-0.15, -0.1) is 0 Å². The quantitative estimate of drug-likeness (QED) is 0.189. The number of hydrogen-bond acceptors (Lipinski definition) is 6. The molecule has 0 rings (SSSR count). The summed E-state index contributed by atoms with van der Waals surface area (Å²) < 4.78 is 53.3. The molecular weight excluding hydrogens is 490 g/mol. The topological polar surface area (TPSA) is 114 Å². The fraction of sp³-hybridized carbons (Fsp3) is 0. The van der Waals surface area contributed by atoms with E-state index in [1.54, 1.807) is 0 Å². The summed E-state index contributed by atoms with van der Waals surface area (Å²) in [4.78, 5) is 0. The Bertz CT molecular complexity index is 221. The molecule has 0 heterocycles. The standard InChI is InChI=1S/Au.3Na.2HO3S2/c;;;;2*1-5(2,3)4/h;;;;2*(H,1,2,3)/q;3*+1;;/p-2. The third-order valence-electron chi connectivity index (χ3n) is 0. The van der Waals surface area contributed by atoms with Gasteiger partial charge in [-0.25, -0.2) is 16.8 Å². The molecule has 14 heavy (non-hydrogen) atoms. The molecule has 3 radical (unpaired) electrons. The van der Waals surface area contributed by atoms with E-state index in [4.69, 9.17) is 25.9 Å². The average molecular weight is 490 g/mol. The van der Waals surface area contributed by atoms with Crippen molar-refractivity contribution >= 4 is 41.6 Å². The average Bonchev–Trinajstić information content (AvgIpc) is 1.12. The van der Waals surface area contributed by atoms with E-state index < -0.39 is 18.3 Å². The van der Waals surface area contributed by atoms with Crippen LogP contribution in [0.15, 0.2) is 0 Å². The van der Waals surface area contributed by atoms with Crippen LogP contribution >= 0.6 is 23.3 Å². The molecule has 14 heteroatoms. The molecule has 73 valence electrons. The smallest absolute Gasteiger partial charge is 0.739 e. The van der Waals surface area contributed by atoms with E-state index in [9.17, 15) is 0 Å². The SMILES string of the molecule is O=S(=O)([O-])[S].O=S(=O)([O-])[S].[Au].[Na+].[Na+].[Na+]. The third kappa shape index (κ3) is 209. The van der Waals surface area contributed by atoms with Crippen LogP contribution in [-0.2, 0) is 40.7 Å². The zero-order valence-corrected chi connectivity index (χ0v) is 18.8. The van der Waals surface area contributed by atoms with Crippen LogP contribution in [0.25, 0.3) is 0 Å². The molecule has 0 saturated heterocycles. The molecule has 0 fully saturated rings. The van der Waals surface area contributed by atoms with Crippen LogP contribution in [0.4, 0.5) is 0 Å². The van der Waals surface area contributed by atoms with Crippen molar-refractivity contribution in [3.8, 4) is 0 Å². The molecule has 0 N–H and O–H groups in total. The molecule has 6 nitrogen and oxygen atoms in total. The number of rotatable bonds is 0. The van der Waals surface area contributed by atoms with Crippen LogP contribution in [0.2, 0.25) is 0 Å². The first-order chi connectivity index (χ1) is 4.00. The molecule has 0 atom stereocenters. The zero-order valence-electron chi connectivity index (χ0n) is 7.38. The Labute approximate surface area is 175 Å². The van der Waals surface area contributed by atoms with E-state index in [0.29, 0.717) is 0 Å². The van der Waals surface area contributed by atoms with Gasteiger partial charge < -0.3 is 9.11 Å². The molecule has 0 saturated carbocycles. The molecule has 0 aliphatic carbocycles. The van der Waals surface area contributed by atoms with E-state index in [0.717, 1.165) is 0 Å². The van der Waals surface area contributed by atoms with Gasteiger partial charge in [0.1, 0.15) is 0 Å². The molecule has 0 spiro atoms. The van der Waals surface area contributed by atoms with Crippen LogP contribution in [0.3, 0.4) is 0 Å². The first kappa shape index (κ1) is 36.2. The van der Waals surface area contributed by atoms with Gasteiger partial charge in [-0.1, -0.05) is 0 Å². The fourth-order valence-corrected chi connectivity index (χ4v) is 0. The predicted octanol–water partition coefficient (Wildman–Crippen LogP) is -9.70. The van der Waals surface area contributed by atoms with Crippen molar-refractivity contribution in [2.45, 2.75) is 0 Å². The first-order valence-electron chi connectivity index (χ1n) is 1.33. The van der Waals surface area contributed by atoms with Gasteiger partial charge >= 0.3 is 88.7 Å². The molecule has 0 aromatic carbocycles. The van der Waals surface area contributed by atoms with E-state index in [2.05, 4.69) is 23.3 Å². The van der Waals surface area contributed by atoms with Gasteiger partial charge in [-0.05, 0) is 0 Å². The summed E-state index contributed by atoms with van der Waals surface area (Å²) in [5.74, 6) is 0. The first-order valence-corrected chi connectivity index (χ1v) is 6.00. The maximum absolute atomic E-state index is 8.89. The van der Waals surface area contributed by atoms with Crippen molar-refractivity contribution in [3.63, 3.8) is 0 Å². The van der Waals surface area contributed by atoms with Gasteiger partial charge in [0.05, 0.1) is 0 Å².